The van der Waals surface area contributed by atoms with Crippen LogP contribution >= 0.6 is 23.2 Å². The van der Waals surface area contributed by atoms with E-state index in [1.54, 1.807) is 0 Å². The maximum Gasteiger partial charge on any atom is 0.334 e. The van der Waals surface area contributed by atoms with Gasteiger partial charge in [0, 0.05) is 56.1 Å². The summed E-state index contributed by atoms with van der Waals surface area (Å²) < 4.78 is 0.853. The number of aromatic nitrogens is 5. The summed E-state index contributed by atoms with van der Waals surface area (Å²) in [5, 5.41) is 3.40. The molecule has 1 saturated heterocycles. The fraction of sp³-hybridized carbons (Fsp3) is 0.261. The summed E-state index contributed by atoms with van der Waals surface area (Å²) in [7, 11) is 2.13. The van der Waals surface area contributed by atoms with E-state index in [0.717, 1.165) is 42.0 Å². The second kappa shape index (κ2) is 9.29. The van der Waals surface area contributed by atoms with Crippen molar-refractivity contribution in [2.24, 2.45) is 0 Å². The first kappa shape index (κ1) is 23.3. The number of aromatic amines is 1. The van der Waals surface area contributed by atoms with Crippen LogP contribution in [0.15, 0.2) is 46.4 Å². The molecule has 1 aromatic carbocycles. The first-order valence-corrected chi connectivity index (χ1v) is 11.7. The van der Waals surface area contributed by atoms with E-state index in [4.69, 9.17) is 23.2 Å². The zero-order chi connectivity index (χ0) is 24.7. The van der Waals surface area contributed by atoms with Crippen LogP contribution in [0.5, 0.6) is 0 Å². The van der Waals surface area contributed by atoms with Crippen molar-refractivity contribution in [2.45, 2.75) is 6.92 Å². The highest BCUT2D eigenvalue weighted by molar-refractivity contribution is 6.37. The van der Waals surface area contributed by atoms with Crippen molar-refractivity contribution in [2.75, 3.05) is 43.4 Å². The predicted octanol–water partition coefficient (Wildman–Crippen LogP) is 2.97. The second-order valence-electron chi connectivity index (χ2n) is 8.39. The van der Waals surface area contributed by atoms with Gasteiger partial charge in [-0.3, -0.25) is 14.8 Å². The molecule has 180 valence electrons. The Hall–Kier alpha value is -3.47. The van der Waals surface area contributed by atoms with E-state index in [9.17, 15) is 9.59 Å². The Balaban J connectivity index is 1.45. The summed E-state index contributed by atoms with van der Waals surface area (Å²) in [6.45, 7) is 6.10. The lowest BCUT2D eigenvalue weighted by molar-refractivity contribution is 0.312. The summed E-state index contributed by atoms with van der Waals surface area (Å²) in [4.78, 5) is 45.6. The van der Waals surface area contributed by atoms with Gasteiger partial charge in [-0.25, -0.2) is 14.3 Å². The van der Waals surface area contributed by atoms with E-state index in [0.29, 0.717) is 0 Å². The van der Waals surface area contributed by atoms with Crippen LogP contribution in [-0.4, -0.2) is 62.6 Å². The molecular weight excluding hydrogens is 491 g/mol. The quantitative estimate of drug-likeness (QED) is 0.429. The molecule has 35 heavy (non-hydrogen) atoms. The maximum atomic E-state index is 13.1. The fourth-order valence-corrected chi connectivity index (χ4v) is 4.68. The standard InChI is InChI=1S/C23H22Cl2N8O2/c1-13-9-14(3-4-18(13)32-7-5-31(2)6-8-32)28-22-27-10-15-20(29-22)30-23(35)33(21(15)34)19-16(24)11-26-12-17(19)25/h3-4,9-12H,5-8H2,1-2H3,(H2,27,28,29,30,35). The number of likely N-dealkylation sites (N-methyl/N-ethyl adjacent to an activating group) is 1. The molecule has 0 atom stereocenters. The number of benzene rings is 1. The molecule has 0 bridgehead atoms. The number of H-pyrrole nitrogens is 1. The number of anilines is 3. The topological polar surface area (TPSA) is 112 Å². The molecule has 0 saturated carbocycles. The average molecular weight is 513 g/mol. The molecule has 4 heterocycles. The van der Waals surface area contributed by atoms with Gasteiger partial charge in [0.15, 0.2) is 5.65 Å². The first-order valence-electron chi connectivity index (χ1n) is 10.9. The van der Waals surface area contributed by atoms with Crippen molar-refractivity contribution in [1.82, 2.24) is 29.4 Å². The molecule has 2 N–H and O–H groups in total. The van der Waals surface area contributed by atoms with Gasteiger partial charge < -0.3 is 15.1 Å². The van der Waals surface area contributed by atoms with E-state index < -0.39 is 11.2 Å². The van der Waals surface area contributed by atoms with Crippen molar-refractivity contribution >= 4 is 51.6 Å². The largest absolute Gasteiger partial charge is 0.369 e. The highest BCUT2D eigenvalue weighted by Gasteiger charge is 2.18. The normalized spacial score (nSPS) is 14.5. The second-order valence-corrected chi connectivity index (χ2v) is 9.21. The number of rotatable bonds is 4. The Morgan fingerprint density at radius 1 is 1.03 bits per heavy atom. The minimum absolute atomic E-state index is 0.0506. The van der Waals surface area contributed by atoms with Gasteiger partial charge in [-0.1, -0.05) is 23.2 Å². The van der Waals surface area contributed by atoms with E-state index in [1.807, 2.05) is 12.1 Å². The van der Waals surface area contributed by atoms with E-state index in [-0.39, 0.29) is 32.7 Å². The van der Waals surface area contributed by atoms with Crippen molar-refractivity contribution < 1.29 is 0 Å². The molecule has 0 amide bonds. The monoisotopic (exact) mass is 512 g/mol. The van der Waals surface area contributed by atoms with Crippen LogP contribution in [0.2, 0.25) is 10.0 Å². The van der Waals surface area contributed by atoms with Gasteiger partial charge in [0.2, 0.25) is 5.95 Å². The van der Waals surface area contributed by atoms with Crippen LogP contribution in [0.3, 0.4) is 0 Å². The fourth-order valence-electron chi connectivity index (χ4n) is 4.15. The molecular formula is C23H22Cl2N8O2. The van der Waals surface area contributed by atoms with Crippen LogP contribution in [-0.2, 0) is 0 Å². The van der Waals surface area contributed by atoms with Gasteiger partial charge in [0.05, 0.1) is 15.7 Å². The molecule has 4 aromatic rings. The Labute approximate surface area is 210 Å². The number of piperazine rings is 1. The van der Waals surface area contributed by atoms with Crippen LogP contribution in [0.4, 0.5) is 17.3 Å². The highest BCUT2D eigenvalue weighted by Crippen LogP contribution is 2.27. The number of nitrogens with one attached hydrogen (secondary N) is 2. The molecule has 1 fully saturated rings. The third-order valence-corrected chi connectivity index (χ3v) is 6.55. The van der Waals surface area contributed by atoms with Crippen LogP contribution in [0.25, 0.3) is 16.7 Å². The lowest BCUT2D eigenvalue weighted by atomic mass is 10.1. The van der Waals surface area contributed by atoms with E-state index in [1.165, 1.54) is 24.3 Å². The number of nitrogens with zero attached hydrogens (tertiary/aromatic N) is 6. The summed E-state index contributed by atoms with van der Waals surface area (Å²) in [6, 6.07) is 6.06. The number of hydrogen-bond donors (Lipinski definition) is 2. The third kappa shape index (κ3) is 4.47. The summed E-state index contributed by atoms with van der Waals surface area (Å²) >= 11 is 12.3. The number of pyridine rings is 1. The predicted molar refractivity (Wildman–Crippen MR) is 138 cm³/mol. The summed E-state index contributed by atoms with van der Waals surface area (Å²) in [6.07, 6.45) is 3.96. The Morgan fingerprint density at radius 3 is 2.43 bits per heavy atom. The van der Waals surface area contributed by atoms with Crippen LogP contribution < -0.4 is 21.5 Å². The smallest absolute Gasteiger partial charge is 0.334 e. The van der Waals surface area contributed by atoms with E-state index in [2.05, 4.69) is 55.1 Å². The van der Waals surface area contributed by atoms with Gasteiger partial charge in [-0.2, -0.15) is 4.98 Å². The first-order chi connectivity index (χ1) is 16.8. The Bertz CT molecular complexity index is 1520. The molecule has 0 aliphatic carbocycles. The molecule has 0 spiro atoms. The minimum Gasteiger partial charge on any atom is -0.369 e. The average Bonchev–Trinajstić information content (AvgIpc) is 2.81. The Kier molecular flexibility index (Phi) is 6.18. The molecule has 0 unspecified atom stereocenters. The van der Waals surface area contributed by atoms with E-state index >= 15 is 0 Å². The highest BCUT2D eigenvalue weighted by atomic mass is 35.5. The van der Waals surface area contributed by atoms with Gasteiger partial charge in [-0.15, -0.1) is 0 Å². The van der Waals surface area contributed by atoms with Crippen molar-refractivity contribution in [1.29, 1.82) is 0 Å². The van der Waals surface area contributed by atoms with Crippen molar-refractivity contribution in [3.8, 4) is 5.69 Å². The van der Waals surface area contributed by atoms with Gasteiger partial charge in [-0.05, 0) is 37.7 Å². The molecule has 12 heteroatoms. The summed E-state index contributed by atoms with van der Waals surface area (Å²) in [5.41, 5.74) is 1.90. The van der Waals surface area contributed by atoms with Crippen LogP contribution in [0.1, 0.15) is 5.56 Å². The number of hydrogen-bond acceptors (Lipinski definition) is 8. The SMILES string of the molecule is Cc1cc(Nc2ncc3c(=O)n(-c4c(Cl)cncc4Cl)c(=O)[nH]c3n2)ccc1N1CCN(C)CC1. The lowest BCUT2D eigenvalue weighted by Gasteiger charge is -2.35. The lowest BCUT2D eigenvalue weighted by Crippen LogP contribution is -2.44. The van der Waals surface area contributed by atoms with Gasteiger partial charge in [0.1, 0.15) is 5.39 Å². The molecule has 10 nitrogen and oxygen atoms in total. The minimum atomic E-state index is -0.727. The van der Waals surface area contributed by atoms with Crippen molar-refractivity contribution in [3.63, 3.8) is 0 Å². The Morgan fingerprint density at radius 2 is 1.74 bits per heavy atom. The van der Waals surface area contributed by atoms with Gasteiger partial charge >= 0.3 is 5.69 Å². The molecule has 3 aromatic heterocycles. The number of fused-ring (bicyclic) bond motifs is 1. The zero-order valence-corrected chi connectivity index (χ0v) is 20.6. The zero-order valence-electron chi connectivity index (χ0n) is 19.0. The molecule has 5 rings (SSSR count). The molecule has 1 aliphatic heterocycles. The number of halogens is 2. The number of aryl methyl sites for hydroxylation is 1. The maximum absolute atomic E-state index is 13.1. The molecule has 0 radical (unpaired) electrons. The third-order valence-electron chi connectivity index (χ3n) is 6.00. The molecule has 1 aliphatic rings. The van der Waals surface area contributed by atoms with Crippen molar-refractivity contribution in [3.05, 3.63) is 73.2 Å². The van der Waals surface area contributed by atoms with Crippen LogP contribution in [0, 0.1) is 6.92 Å². The summed E-state index contributed by atoms with van der Waals surface area (Å²) in [5.74, 6) is 0.247. The van der Waals surface area contributed by atoms with Gasteiger partial charge in [0.25, 0.3) is 5.56 Å².